The first-order valence-corrected chi connectivity index (χ1v) is 8.06. The molecule has 3 rings (SSSR count). The Hall–Kier alpha value is -2.45. The molecule has 1 aromatic carbocycles. The largest absolute Gasteiger partial charge is 0.491 e. The van der Waals surface area contributed by atoms with E-state index in [2.05, 4.69) is 9.69 Å². The molecule has 2 heterocycles. The van der Waals surface area contributed by atoms with E-state index in [9.17, 15) is 4.79 Å². The van der Waals surface area contributed by atoms with Crippen molar-refractivity contribution in [3.05, 3.63) is 40.9 Å². The molecule has 1 aliphatic heterocycles. The van der Waals surface area contributed by atoms with Gasteiger partial charge >= 0.3 is 0 Å². The van der Waals surface area contributed by atoms with Crippen LogP contribution in [0.2, 0.25) is 0 Å². The van der Waals surface area contributed by atoms with Gasteiger partial charge in [0.1, 0.15) is 12.4 Å². The van der Waals surface area contributed by atoms with Crippen molar-refractivity contribution in [3.8, 4) is 5.75 Å². The predicted molar refractivity (Wildman–Crippen MR) is 89.7 cm³/mol. The number of anilines is 1. The van der Waals surface area contributed by atoms with Gasteiger partial charge in [-0.05, 0) is 28.7 Å². The molecule has 0 saturated heterocycles. The normalized spacial score (nSPS) is 15.5. The van der Waals surface area contributed by atoms with Gasteiger partial charge in [-0.2, -0.15) is 0 Å². The summed E-state index contributed by atoms with van der Waals surface area (Å²) >= 11 is 1.41. The number of hydrogen-bond donors (Lipinski definition) is 2. The fourth-order valence-electron chi connectivity index (χ4n) is 2.46. The van der Waals surface area contributed by atoms with Gasteiger partial charge in [-0.1, -0.05) is 6.07 Å². The highest BCUT2D eigenvalue weighted by atomic mass is 32.1. The average Bonchev–Trinajstić information content (AvgIpc) is 3.09. The number of carboxylic acid groups (broad SMARTS) is 1. The SMILES string of the molecule is COCCOc1ccc2c(c1)NC(=O)CC2c1cnsc1.O=CO. The molecular formula is C16H18N2O5S. The van der Waals surface area contributed by atoms with E-state index in [0.717, 1.165) is 22.6 Å². The Labute approximate surface area is 143 Å². The number of hydrogen-bond acceptors (Lipinski definition) is 6. The van der Waals surface area contributed by atoms with E-state index in [4.69, 9.17) is 19.4 Å². The summed E-state index contributed by atoms with van der Waals surface area (Å²) in [5, 5.41) is 11.8. The molecule has 7 nitrogen and oxygen atoms in total. The number of amides is 1. The lowest BCUT2D eigenvalue weighted by Gasteiger charge is -2.25. The number of fused-ring (bicyclic) bond motifs is 1. The van der Waals surface area contributed by atoms with Crippen LogP contribution >= 0.6 is 11.5 Å². The van der Waals surface area contributed by atoms with Crippen LogP contribution in [0.5, 0.6) is 5.75 Å². The lowest BCUT2D eigenvalue weighted by atomic mass is 9.86. The molecule has 0 bridgehead atoms. The minimum absolute atomic E-state index is 0.0211. The van der Waals surface area contributed by atoms with Crippen LogP contribution < -0.4 is 10.1 Å². The van der Waals surface area contributed by atoms with Crippen LogP contribution in [-0.4, -0.2) is 42.2 Å². The minimum atomic E-state index is -0.250. The second-order valence-corrected chi connectivity index (χ2v) is 5.62. The number of aromatic nitrogens is 1. The molecule has 0 saturated carbocycles. The number of nitrogens with one attached hydrogen (secondary N) is 1. The van der Waals surface area contributed by atoms with E-state index in [0.29, 0.717) is 19.6 Å². The molecule has 0 radical (unpaired) electrons. The van der Waals surface area contributed by atoms with Crippen molar-refractivity contribution >= 4 is 29.6 Å². The summed E-state index contributed by atoms with van der Waals surface area (Å²) in [6.07, 6.45) is 2.29. The summed E-state index contributed by atoms with van der Waals surface area (Å²) in [4.78, 5) is 20.3. The van der Waals surface area contributed by atoms with E-state index >= 15 is 0 Å². The van der Waals surface area contributed by atoms with Gasteiger partial charge in [-0.25, -0.2) is 4.37 Å². The topological polar surface area (TPSA) is 97.8 Å². The molecule has 1 amide bonds. The van der Waals surface area contributed by atoms with Gasteiger partial charge < -0.3 is 19.9 Å². The van der Waals surface area contributed by atoms with Crippen LogP contribution in [0.1, 0.15) is 23.5 Å². The fraction of sp³-hybridized carbons (Fsp3) is 0.312. The number of benzene rings is 1. The molecule has 1 atom stereocenters. The van der Waals surface area contributed by atoms with Crippen LogP contribution in [0.3, 0.4) is 0 Å². The van der Waals surface area contributed by atoms with Gasteiger partial charge in [0, 0.05) is 42.8 Å². The first kappa shape index (κ1) is 17.9. The first-order chi connectivity index (χ1) is 11.7. The maximum absolute atomic E-state index is 11.9. The van der Waals surface area contributed by atoms with Crippen molar-refractivity contribution in [2.45, 2.75) is 12.3 Å². The second-order valence-electron chi connectivity index (χ2n) is 4.96. The Kier molecular flexibility index (Phi) is 6.71. The van der Waals surface area contributed by atoms with E-state index < -0.39 is 0 Å². The third-order valence-electron chi connectivity index (χ3n) is 3.47. The monoisotopic (exact) mass is 350 g/mol. The van der Waals surface area contributed by atoms with E-state index in [1.807, 2.05) is 29.8 Å². The summed E-state index contributed by atoms with van der Waals surface area (Å²) in [5.41, 5.74) is 3.01. The zero-order valence-electron chi connectivity index (χ0n) is 13.1. The highest BCUT2D eigenvalue weighted by molar-refractivity contribution is 7.03. The van der Waals surface area contributed by atoms with Crippen molar-refractivity contribution in [3.63, 3.8) is 0 Å². The van der Waals surface area contributed by atoms with E-state index in [1.165, 1.54) is 11.5 Å². The standard InChI is InChI=1S/C15H16N2O3S.CH2O2/c1-19-4-5-20-11-2-3-12-13(10-8-16-21-9-10)7-15(18)17-14(12)6-11;2-1-3/h2-3,6,8-9,13H,4-5,7H2,1H3,(H,17,18);1H,(H,2,3). The summed E-state index contributed by atoms with van der Waals surface area (Å²) in [6.45, 7) is 0.772. The van der Waals surface area contributed by atoms with Crippen LogP contribution in [-0.2, 0) is 14.3 Å². The average molecular weight is 350 g/mol. The van der Waals surface area contributed by atoms with Crippen LogP contribution in [0, 0.1) is 0 Å². The van der Waals surface area contributed by atoms with Crippen molar-refractivity contribution < 1.29 is 24.2 Å². The fourth-order valence-corrected chi connectivity index (χ4v) is 3.05. The summed E-state index contributed by atoms with van der Waals surface area (Å²) in [5.74, 6) is 0.823. The second kappa shape index (κ2) is 8.99. The van der Waals surface area contributed by atoms with Crippen molar-refractivity contribution in [2.24, 2.45) is 0 Å². The van der Waals surface area contributed by atoms with Crippen LogP contribution in [0.15, 0.2) is 29.8 Å². The molecule has 2 N–H and O–H groups in total. The van der Waals surface area contributed by atoms with Crippen LogP contribution in [0.25, 0.3) is 0 Å². The number of carbonyl (C=O) groups is 2. The lowest BCUT2D eigenvalue weighted by molar-refractivity contribution is -0.123. The molecule has 1 unspecified atom stereocenters. The first-order valence-electron chi connectivity index (χ1n) is 7.22. The zero-order chi connectivity index (χ0) is 17.4. The molecule has 24 heavy (non-hydrogen) atoms. The number of methoxy groups -OCH3 is 1. The summed E-state index contributed by atoms with van der Waals surface area (Å²) in [6, 6.07) is 5.81. The van der Waals surface area contributed by atoms with Gasteiger partial charge in [0.2, 0.25) is 5.91 Å². The van der Waals surface area contributed by atoms with Crippen molar-refractivity contribution in [1.82, 2.24) is 4.37 Å². The predicted octanol–water partition coefficient (Wildman–Crippen LogP) is 2.34. The molecule has 2 aromatic rings. The third kappa shape index (κ3) is 4.53. The maximum Gasteiger partial charge on any atom is 0.290 e. The number of nitrogens with zero attached hydrogens (tertiary/aromatic N) is 1. The Morgan fingerprint density at radius 3 is 2.92 bits per heavy atom. The van der Waals surface area contributed by atoms with Gasteiger partial charge in [0.15, 0.2) is 0 Å². The minimum Gasteiger partial charge on any atom is -0.491 e. The lowest BCUT2D eigenvalue weighted by Crippen LogP contribution is -2.23. The molecule has 8 heteroatoms. The summed E-state index contributed by atoms with van der Waals surface area (Å²) in [7, 11) is 1.63. The molecule has 128 valence electrons. The molecular weight excluding hydrogens is 332 g/mol. The molecule has 0 aliphatic carbocycles. The third-order valence-corrected chi connectivity index (χ3v) is 4.08. The molecule has 1 aliphatic rings. The smallest absolute Gasteiger partial charge is 0.290 e. The Morgan fingerprint density at radius 2 is 2.25 bits per heavy atom. The van der Waals surface area contributed by atoms with Gasteiger partial charge in [0.25, 0.3) is 6.47 Å². The van der Waals surface area contributed by atoms with Gasteiger partial charge in [0.05, 0.1) is 6.61 Å². The Balaban J connectivity index is 0.000000647. The maximum atomic E-state index is 11.9. The van der Waals surface area contributed by atoms with Crippen molar-refractivity contribution in [1.29, 1.82) is 0 Å². The molecule has 0 spiro atoms. The van der Waals surface area contributed by atoms with Gasteiger partial charge in [-0.3, -0.25) is 9.59 Å². The summed E-state index contributed by atoms with van der Waals surface area (Å²) < 4.78 is 14.7. The van der Waals surface area contributed by atoms with E-state index in [1.54, 1.807) is 7.11 Å². The van der Waals surface area contributed by atoms with Crippen LogP contribution in [0.4, 0.5) is 5.69 Å². The quantitative estimate of drug-likeness (QED) is 0.634. The van der Waals surface area contributed by atoms with Gasteiger partial charge in [-0.15, -0.1) is 0 Å². The number of carbonyl (C=O) groups excluding carboxylic acids is 1. The molecule has 0 fully saturated rings. The van der Waals surface area contributed by atoms with Crippen molar-refractivity contribution in [2.75, 3.05) is 25.6 Å². The molecule has 1 aromatic heterocycles. The zero-order valence-corrected chi connectivity index (χ0v) is 13.9. The van der Waals surface area contributed by atoms with E-state index in [-0.39, 0.29) is 18.3 Å². The number of rotatable bonds is 5. The highest BCUT2D eigenvalue weighted by Crippen LogP contribution is 2.38. The highest BCUT2D eigenvalue weighted by Gasteiger charge is 2.27. The Bertz CT molecular complexity index is 675. The Morgan fingerprint density at radius 1 is 1.46 bits per heavy atom. The number of ether oxygens (including phenoxy) is 2.